The lowest BCUT2D eigenvalue weighted by molar-refractivity contribution is -0.123. The molecule has 2 heterocycles. The minimum Gasteiger partial charge on any atom is -0.482 e. The molecule has 1 atom stereocenters. The van der Waals surface area contributed by atoms with Crippen LogP contribution in [0.15, 0.2) is 54.9 Å². The molecule has 1 N–H and O–H groups in total. The van der Waals surface area contributed by atoms with Crippen LogP contribution in [-0.2, 0) is 4.79 Å². The Morgan fingerprint density at radius 1 is 1.26 bits per heavy atom. The lowest BCUT2D eigenvalue weighted by atomic mass is 10.2. The maximum absolute atomic E-state index is 11.9. The number of para-hydroxylation sites is 1. The van der Waals surface area contributed by atoms with Crippen molar-refractivity contribution in [3.63, 3.8) is 0 Å². The van der Waals surface area contributed by atoms with E-state index >= 15 is 0 Å². The summed E-state index contributed by atoms with van der Waals surface area (Å²) in [6, 6.07) is 14.3. The molecule has 23 heavy (non-hydrogen) atoms. The number of nitrogens with zero attached hydrogens (tertiary/aromatic N) is 2. The van der Waals surface area contributed by atoms with Gasteiger partial charge in [0.05, 0.1) is 6.20 Å². The number of carbonyl (C=O) groups is 1. The minimum absolute atomic E-state index is 0.0176. The standard InChI is InChI=1S/C18H21N3O2/c22-18(14-23-17-9-4-10-19-13-17)20-12-16-8-5-11-21(16)15-6-2-1-3-7-15/h1-4,6-7,9-10,13,16H,5,8,11-12,14H2,(H,20,22). The largest absolute Gasteiger partial charge is 0.482 e. The van der Waals surface area contributed by atoms with E-state index in [2.05, 4.69) is 27.3 Å². The molecule has 1 aliphatic heterocycles. The van der Waals surface area contributed by atoms with E-state index in [1.165, 1.54) is 5.69 Å². The SMILES string of the molecule is O=C(COc1cccnc1)NCC1CCCN1c1ccccc1. The van der Waals surface area contributed by atoms with Crippen molar-refractivity contribution in [3.05, 3.63) is 54.9 Å². The molecule has 3 rings (SSSR count). The zero-order chi connectivity index (χ0) is 15.9. The number of anilines is 1. The molecule has 0 bridgehead atoms. The van der Waals surface area contributed by atoms with Crippen molar-refractivity contribution in [1.29, 1.82) is 0 Å². The van der Waals surface area contributed by atoms with Crippen molar-refractivity contribution < 1.29 is 9.53 Å². The Morgan fingerprint density at radius 3 is 2.91 bits per heavy atom. The number of aromatic nitrogens is 1. The Kier molecular flexibility index (Phi) is 5.09. The first-order valence-corrected chi connectivity index (χ1v) is 7.94. The summed E-state index contributed by atoms with van der Waals surface area (Å²) in [5.41, 5.74) is 1.22. The van der Waals surface area contributed by atoms with Crippen LogP contribution in [-0.4, -0.2) is 36.6 Å². The van der Waals surface area contributed by atoms with Crippen LogP contribution in [0.2, 0.25) is 0 Å². The fourth-order valence-corrected chi connectivity index (χ4v) is 2.87. The zero-order valence-corrected chi connectivity index (χ0v) is 13.0. The summed E-state index contributed by atoms with van der Waals surface area (Å²) in [6.07, 6.45) is 5.52. The highest BCUT2D eigenvalue weighted by Gasteiger charge is 2.24. The fourth-order valence-electron chi connectivity index (χ4n) is 2.87. The minimum atomic E-state index is -0.103. The molecule has 1 aliphatic rings. The van der Waals surface area contributed by atoms with Gasteiger partial charge in [0.15, 0.2) is 6.61 Å². The molecule has 0 saturated carbocycles. The molecule has 1 aromatic heterocycles. The number of pyridine rings is 1. The normalized spacial score (nSPS) is 17.0. The number of amides is 1. The van der Waals surface area contributed by atoms with Crippen LogP contribution < -0.4 is 15.0 Å². The number of nitrogens with one attached hydrogen (secondary N) is 1. The van der Waals surface area contributed by atoms with Crippen molar-refractivity contribution in [2.45, 2.75) is 18.9 Å². The lowest BCUT2D eigenvalue weighted by Gasteiger charge is -2.27. The van der Waals surface area contributed by atoms with Crippen LogP contribution in [0.4, 0.5) is 5.69 Å². The molecule has 1 fully saturated rings. The summed E-state index contributed by atoms with van der Waals surface area (Å²) in [5, 5.41) is 2.97. The van der Waals surface area contributed by atoms with E-state index in [9.17, 15) is 4.79 Å². The van der Waals surface area contributed by atoms with E-state index in [0.717, 1.165) is 19.4 Å². The number of rotatable bonds is 6. The smallest absolute Gasteiger partial charge is 0.258 e. The third kappa shape index (κ3) is 4.22. The average Bonchev–Trinajstić information content (AvgIpc) is 3.08. The molecule has 2 aromatic rings. The van der Waals surface area contributed by atoms with Crippen molar-refractivity contribution in [2.24, 2.45) is 0 Å². The van der Waals surface area contributed by atoms with Crippen molar-refractivity contribution in [2.75, 3.05) is 24.6 Å². The van der Waals surface area contributed by atoms with E-state index in [1.807, 2.05) is 18.2 Å². The Hall–Kier alpha value is -2.56. The monoisotopic (exact) mass is 311 g/mol. The highest BCUT2D eigenvalue weighted by atomic mass is 16.5. The molecule has 1 amide bonds. The predicted octanol–water partition coefficient (Wildman–Crippen LogP) is 2.25. The van der Waals surface area contributed by atoms with E-state index < -0.39 is 0 Å². The Morgan fingerprint density at radius 2 is 2.13 bits per heavy atom. The van der Waals surface area contributed by atoms with Crippen molar-refractivity contribution in [3.8, 4) is 5.75 Å². The molecule has 0 aliphatic carbocycles. The van der Waals surface area contributed by atoms with Gasteiger partial charge < -0.3 is 15.0 Å². The van der Waals surface area contributed by atoms with Gasteiger partial charge in [0.25, 0.3) is 5.91 Å². The van der Waals surface area contributed by atoms with Crippen LogP contribution in [0.25, 0.3) is 0 Å². The van der Waals surface area contributed by atoms with Gasteiger partial charge in [-0.25, -0.2) is 0 Å². The number of carbonyl (C=O) groups excluding carboxylic acids is 1. The zero-order valence-electron chi connectivity index (χ0n) is 13.0. The lowest BCUT2D eigenvalue weighted by Crippen LogP contribution is -2.41. The van der Waals surface area contributed by atoms with E-state index in [0.29, 0.717) is 18.3 Å². The van der Waals surface area contributed by atoms with Gasteiger partial charge in [-0.2, -0.15) is 0 Å². The number of hydrogen-bond acceptors (Lipinski definition) is 4. The van der Waals surface area contributed by atoms with Gasteiger partial charge in [-0.1, -0.05) is 18.2 Å². The molecular formula is C18H21N3O2. The van der Waals surface area contributed by atoms with Gasteiger partial charge in [-0.15, -0.1) is 0 Å². The third-order valence-corrected chi connectivity index (χ3v) is 4.00. The van der Waals surface area contributed by atoms with Gasteiger partial charge in [-0.05, 0) is 37.1 Å². The first kappa shape index (κ1) is 15.3. The summed E-state index contributed by atoms with van der Waals surface area (Å²) in [4.78, 5) is 18.3. The van der Waals surface area contributed by atoms with Crippen LogP contribution in [0, 0.1) is 0 Å². The maximum Gasteiger partial charge on any atom is 0.258 e. The highest BCUT2D eigenvalue weighted by molar-refractivity contribution is 5.77. The van der Waals surface area contributed by atoms with Crippen LogP contribution in [0.5, 0.6) is 5.75 Å². The summed E-state index contributed by atoms with van der Waals surface area (Å²) in [5.74, 6) is 0.503. The van der Waals surface area contributed by atoms with Gasteiger partial charge >= 0.3 is 0 Å². The first-order chi connectivity index (χ1) is 11.3. The summed E-state index contributed by atoms with van der Waals surface area (Å²) in [7, 11) is 0. The second-order valence-electron chi connectivity index (χ2n) is 5.61. The number of benzene rings is 1. The van der Waals surface area contributed by atoms with Crippen LogP contribution >= 0.6 is 0 Å². The summed E-state index contributed by atoms with van der Waals surface area (Å²) < 4.78 is 5.41. The fraction of sp³-hybridized carbons (Fsp3) is 0.333. The van der Waals surface area contributed by atoms with E-state index in [-0.39, 0.29) is 12.5 Å². The molecule has 0 radical (unpaired) electrons. The molecule has 1 saturated heterocycles. The van der Waals surface area contributed by atoms with Crippen molar-refractivity contribution >= 4 is 11.6 Å². The summed E-state index contributed by atoms with van der Waals surface area (Å²) >= 11 is 0. The Balaban J connectivity index is 1.46. The molecule has 120 valence electrons. The van der Waals surface area contributed by atoms with Gasteiger partial charge in [0.1, 0.15) is 5.75 Å². The average molecular weight is 311 g/mol. The van der Waals surface area contributed by atoms with E-state index in [1.54, 1.807) is 24.5 Å². The molecule has 1 aromatic carbocycles. The Bertz CT molecular complexity index is 619. The van der Waals surface area contributed by atoms with Crippen LogP contribution in [0.1, 0.15) is 12.8 Å². The second kappa shape index (κ2) is 7.63. The molecule has 0 spiro atoms. The van der Waals surface area contributed by atoms with Gasteiger partial charge in [0, 0.05) is 31.0 Å². The van der Waals surface area contributed by atoms with Crippen molar-refractivity contribution in [1.82, 2.24) is 10.3 Å². The highest BCUT2D eigenvalue weighted by Crippen LogP contribution is 2.24. The molecule has 5 heteroatoms. The topological polar surface area (TPSA) is 54.5 Å². The van der Waals surface area contributed by atoms with Gasteiger partial charge in [-0.3, -0.25) is 9.78 Å². The molecular weight excluding hydrogens is 290 g/mol. The number of ether oxygens (including phenoxy) is 1. The second-order valence-corrected chi connectivity index (χ2v) is 5.61. The maximum atomic E-state index is 11.9. The Labute approximate surface area is 136 Å². The van der Waals surface area contributed by atoms with E-state index in [4.69, 9.17) is 4.74 Å². The first-order valence-electron chi connectivity index (χ1n) is 7.94. The van der Waals surface area contributed by atoms with Crippen LogP contribution in [0.3, 0.4) is 0 Å². The molecule has 5 nitrogen and oxygen atoms in total. The number of hydrogen-bond donors (Lipinski definition) is 1. The summed E-state index contributed by atoms with van der Waals surface area (Å²) in [6.45, 7) is 1.70. The predicted molar refractivity (Wildman–Crippen MR) is 89.6 cm³/mol. The third-order valence-electron chi connectivity index (χ3n) is 4.00. The van der Waals surface area contributed by atoms with Gasteiger partial charge in [0.2, 0.25) is 0 Å². The molecule has 1 unspecified atom stereocenters. The quantitative estimate of drug-likeness (QED) is 0.889.